The fourth-order valence-electron chi connectivity index (χ4n) is 4.25. The van der Waals surface area contributed by atoms with E-state index in [0.29, 0.717) is 0 Å². The molecule has 0 aliphatic heterocycles. The second-order valence-electron chi connectivity index (χ2n) is 9.60. The molecule has 1 heterocycles. The molecule has 0 atom stereocenters. The van der Waals surface area contributed by atoms with E-state index in [4.69, 9.17) is 4.74 Å². The van der Waals surface area contributed by atoms with Crippen molar-refractivity contribution in [1.29, 1.82) is 0 Å². The van der Waals surface area contributed by atoms with Crippen LogP contribution >= 0.6 is 11.3 Å². The number of hydrogen-bond donors (Lipinski definition) is 2. The summed E-state index contributed by atoms with van der Waals surface area (Å²) in [5.74, 6) is -1.67. The van der Waals surface area contributed by atoms with Gasteiger partial charge in [0.2, 0.25) is 0 Å². The number of carboxylic acids is 1. The Morgan fingerprint density at radius 3 is 2.23 bits per heavy atom. The number of rotatable bonds is 7. The first-order valence-electron chi connectivity index (χ1n) is 11.2. The number of nitrogens with one attached hydrogen (secondary N) is 1. The number of carbonyl (C=O) groups is 3. The maximum absolute atomic E-state index is 12.9. The minimum Gasteiger partial charge on any atom is -0.480 e. The number of benzene rings is 2. The molecule has 0 spiro atoms. The standard InChI is InChI=1S/C26H27N3O5S/c1-26(2,3)15-29(12-22(30)31)23(32)21-14-35-24(27-21)28-25(33)34-13-20-18-10-6-4-8-16(18)17-9-5-7-11-19(17)20/h4-11,14,20H,12-13,15H2,1-3H3,(H,30,31)(H,27,28,33). The highest BCUT2D eigenvalue weighted by molar-refractivity contribution is 7.14. The first-order valence-corrected chi connectivity index (χ1v) is 12.1. The van der Waals surface area contributed by atoms with Crippen molar-refractivity contribution >= 4 is 34.4 Å². The molecule has 8 nitrogen and oxygen atoms in total. The zero-order valence-corrected chi connectivity index (χ0v) is 20.6. The molecule has 3 aromatic rings. The van der Waals surface area contributed by atoms with Crippen molar-refractivity contribution in [3.05, 3.63) is 70.7 Å². The fourth-order valence-corrected chi connectivity index (χ4v) is 4.92. The van der Waals surface area contributed by atoms with E-state index in [1.54, 1.807) is 0 Å². The van der Waals surface area contributed by atoms with E-state index in [0.717, 1.165) is 33.6 Å². The van der Waals surface area contributed by atoms with Crippen LogP contribution in [0.5, 0.6) is 0 Å². The van der Waals surface area contributed by atoms with Crippen LogP contribution in [0.15, 0.2) is 53.9 Å². The molecule has 35 heavy (non-hydrogen) atoms. The average molecular weight is 494 g/mol. The second-order valence-corrected chi connectivity index (χ2v) is 10.5. The summed E-state index contributed by atoms with van der Waals surface area (Å²) < 4.78 is 5.52. The van der Waals surface area contributed by atoms with Crippen LogP contribution in [0.3, 0.4) is 0 Å². The van der Waals surface area contributed by atoms with Gasteiger partial charge in [-0.25, -0.2) is 9.78 Å². The lowest BCUT2D eigenvalue weighted by Crippen LogP contribution is -2.41. The van der Waals surface area contributed by atoms with Gasteiger partial charge >= 0.3 is 12.1 Å². The van der Waals surface area contributed by atoms with Gasteiger partial charge in [0.05, 0.1) is 0 Å². The van der Waals surface area contributed by atoms with Gasteiger partial charge in [0.25, 0.3) is 5.91 Å². The maximum Gasteiger partial charge on any atom is 0.413 e. The van der Waals surface area contributed by atoms with Crippen LogP contribution in [0.2, 0.25) is 0 Å². The predicted octanol–water partition coefficient (Wildman–Crippen LogP) is 5.08. The van der Waals surface area contributed by atoms with Crippen molar-refractivity contribution in [2.75, 3.05) is 25.0 Å². The summed E-state index contributed by atoms with van der Waals surface area (Å²) in [7, 11) is 0. The molecule has 1 aliphatic rings. The lowest BCUT2D eigenvalue weighted by molar-refractivity contribution is -0.138. The first kappa shape index (κ1) is 24.4. The third-order valence-electron chi connectivity index (χ3n) is 5.55. The number of carboxylic acid groups (broad SMARTS) is 1. The molecule has 0 saturated carbocycles. The number of ether oxygens (including phenoxy) is 1. The average Bonchev–Trinajstić information content (AvgIpc) is 3.38. The Balaban J connectivity index is 1.40. The van der Waals surface area contributed by atoms with E-state index in [2.05, 4.69) is 22.4 Å². The van der Waals surface area contributed by atoms with Gasteiger partial charge in [0.1, 0.15) is 18.8 Å². The van der Waals surface area contributed by atoms with Crippen molar-refractivity contribution in [3.8, 4) is 11.1 Å². The zero-order chi connectivity index (χ0) is 25.2. The highest BCUT2D eigenvalue weighted by Crippen LogP contribution is 2.44. The first-order chi connectivity index (χ1) is 16.6. The summed E-state index contributed by atoms with van der Waals surface area (Å²) in [5.41, 5.74) is 4.29. The number of fused-ring (bicyclic) bond motifs is 3. The Hall–Kier alpha value is -3.72. The van der Waals surface area contributed by atoms with E-state index < -0.39 is 24.5 Å². The van der Waals surface area contributed by atoms with E-state index in [1.165, 1.54) is 10.3 Å². The number of thiazole rings is 1. The van der Waals surface area contributed by atoms with Crippen LogP contribution in [0, 0.1) is 5.41 Å². The molecule has 9 heteroatoms. The molecule has 0 saturated heterocycles. The van der Waals surface area contributed by atoms with Crippen molar-refractivity contribution in [3.63, 3.8) is 0 Å². The molecule has 0 unspecified atom stereocenters. The number of nitrogens with zero attached hydrogens (tertiary/aromatic N) is 2. The summed E-state index contributed by atoms with van der Waals surface area (Å²) in [4.78, 5) is 42.0. The molecule has 0 radical (unpaired) electrons. The van der Waals surface area contributed by atoms with Gasteiger partial charge in [0.15, 0.2) is 5.13 Å². The van der Waals surface area contributed by atoms with Crippen LogP contribution in [-0.4, -0.2) is 52.7 Å². The van der Waals surface area contributed by atoms with Crippen molar-refractivity contribution in [2.45, 2.75) is 26.7 Å². The molecule has 0 bridgehead atoms. The number of aliphatic carboxylic acids is 1. The van der Waals surface area contributed by atoms with Gasteiger partial charge in [-0.15, -0.1) is 11.3 Å². The number of amides is 2. The molecule has 0 fully saturated rings. The lowest BCUT2D eigenvalue weighted by Gasteiger charge is -2.28. The predicted molar refractivity (Wildman–Crippen MR) is 134 cm³/mol. The summed E-state index contributed by atoms with van der Waals surface area (Å²) in [5, 5.41) is 13.5. The normalized spacial score (nSPS) is 12.5. The maximum atomic E-state index is 12.9. The van der Waals surface area contributed by atoms with Gasteiger partial charge < -0.3 is 14.7 Å². The van der Waals surface area contributed by atoms with Crippen LogP contribution in [0.4, 0.5) is 9.93 Å². The lowest BCUT2D eigenvalue weighted by atomic mass is 9.96. The monoisotopic (exact) mass is 493 g/mol. The quantitative estimate of drug-likeness (QED) is 0.475. The van der Waals surface area contributed by atoms with Crippen molar-refractivity contribution < 1.29 is 24.2 Å². The Labute approximate surface area is 207 Å². The van der Waals surface area contributed by atoms with Crippen molar-refractivity contribution in [2.24, 2.45) is 5.41 Å². The smallest absolute Gasteiger partial charge is 0.413 e. The molecular weight excluding hydrogens is 466 g/mol. The van der Waals surface area contributed by atoms with E-state index in [-0.39, 0.29) is 35.3 Å². The van der Waals surface area contributed by atoms with Gasteiger partial charge in [-0.3, -0.25) is 14.9 Å². The number of aromatic nitrogens is 1. The summed E-state index contributed by atoms with van der Waals surface area (Å²) in [6.45, 7) is 5.74. The molecule has 1 aromatic heterocycles. The van der Waals surface area contributed by atoms with Gasteiger partial charge in [0, 0.05) is 17.8 Å². The molecule has 2 N–H and O–H groups in total. The Kier molecular flexibility index (Phi) is 6.88. The van der Waals surface area contributed by atoms with E-state index >= 15 is 0 Å². The van der Waals surface area contributed by atoms with E-state index in [9.17, 15) is 19.5 Å². The highest BCUT2D eigenvalue weighted by atomic mass is 32.1. The number of hydrogen-bond acceptors (Lipinski definition) is 6. The van der Waals surface area contributed by atoms with Crippen LogP contribution in [0.1, 0.15) is 48.3 Å². The minimum absolute atomic E-state index is 0.0661. The summed E-state index contributed by atoms with van der Waals surface area (Å²) in [6, 6.07) is 16.1. The van der Waals surface area contributed by atoms with Gasteiger partial charge in [-0.2, -0.15) is 0 Å². The van der Waals surface area contributed by atoms with Crippen LogP contribution < -0.4 is 5.32 Å². The summed E-state index contributed by atoms with van der Waals surface area (Å²) in [6.07, 6.45) is -0.669. The molecule has 2 amide bonds. The van der Waals surface area contributed by atoms with E-state index in [1.807, 2.05) is 57.2 Å². The number of anilines is 1. The Morgan fingerprint density at radius 1 is 1.06 bits per heavy atom. The van der Waals surface area contributed by atoms with Crippen molar-refractivity contribution in [1.82, 2.24) is 9.88 Å². The third kappa shape index (κ3) is 5.68. The Bertz CT molecular complexity index is 1220. The molecule has 182 valence electrons. The topological polar surface area (TPSA) is 109 Å². The zero-order valence-electron chi connectivity index (χ0n) is 19.8. The largest absolute Gasteiger partial charge is 0.480 e. The third-order valence-corrected chi connectivity index (χ3v) is 6.31. The second kappa shape index (κ2) is 9.87. The molecular formula is C26H27N3O5S. The molecule has 4 rings (SSSR count). The Morgan fingerprint density at radius 2 is 1.66 bits per heavy atom. The fraction of sp³-hybridized carbons (Fsp3) is 0.308. The summed E-state index contributed by atoms with van der Waals surface area (Å²) >= 11 is 1.08. The van der Waals surface area contributed by atoms with Gasteiger partial charge in [-0.05, 0) is 27.7 Å². The molecule has 2 aromatic carbocycles. The SMILES string of the molecule is CC(C)(C)CN(CC(=O)O)C(=O)c1csc(NC(=O)OCC2c3ccccc3-c3ccccc32)n1. The van der Waals surface area contributed by atoms with Gasteiger partial charge in [-0.1, -0.05) is 69.3 Å². The van der Waals surface area contributed by atoms with Crippen LogP contribution in [0.25, 0.3) is 11.1 Å². The highest BCUT2D eigenvalue weighted by Gasteiger charge is 2.29. The number of carbonyl (C=O) groups excluding carboxylic acids is 2. The minimum atomic E-state index is -1.10. The van der Waals surface area contributed by atoms with Crippen LogP contribution in [-0.2, 0) is 9.53 Å². The molecule has 1 aliphatic carbocycles.